The molecular formula is C17H16N2O3S. The van der Waals surface area contributed by atoms with Gasteiger partial charge >= 0.3 is 0 Å². The molecular weight excluding hydrogens is 312 g/mol. The fourth-order valence-corrected chi connectivity index (χ4v) is 2.60. The Kier molecular flexibility index (Phi) is 3.92. The second kappa shape index (κ2) is 5.89. The summed E-state index contributed by atoms with van der Waals surface area (Å²) in [5.74, 6) is 1.09. The van der Waals surface area contributed by atoms with Gasteiger partial charge in [0, 0.05) is 18.2 Å². The molecule has 5 nitrogen and oxygen atoms in total. The Balaban J connectivity index is 2.19. The van der Waals surface area contributed by atoms with E-state index in [4.69, 9.17) is 4.42 Å². The van der Waals surface area contributed by atoms with Gasteiger partial charge in [-0.05, 0) is 12.1 Å². The summed E-state index contributed by atoms with van der Waals surface area (Å²) in [7, 11) is -1.98. The molecule has 0 amide bonds. The lowest BCUT2D eigenvalue weighted by Gasteiger charge is -2.14. The monoisotopic (exact) mass is 328 g/mol. The summed E-state index contributed by atoms with van der Waals surface area (Å²) in [4.78, 5) is 4.40. The minimum atomic E-state index is -3.44. The zero-order valence-electron chi connectivity index (χ0n) is 12.8. The molecule has 2 aromatic carbocycles. The van der Waals surface area contributed by atoms with E-state index in [0.29, 0.717) is 11.7 Å². The predicted octanol–water partition coefficient (Wildman–Crippen LogP) is 3.40. The Labute approximate surface area is 135 Å². The minimum absolute atomic E-state index is 0.276. The largest absolute Gasteiger partial charge is 0.434 e. The molecule has 0 aliphatic carbocycles. The first kappa shape index (κ1) is 15.3. The molecule has 0 saturated carbocycles. The van der Waals surface area contributed by atoms with Gasteiger partial charge in [0.1, 0.15) is 0 Å². The maximum atomic E-state index is 11.9. The van der Waals surface area contributed by atoms with E-state index in [9.17, 15) is 8.42 Å². The lowest BCUT2D eigenvalue weighted by atomic mass is 10.2. The molecule has 0 aliphatic heterocycles. The summed E-state index contributed by atoms with van der Waals surface area (Å²) in [6, 6.07) is 18.7. The van der Waals surface area contributed by atoms with Crippen LogP contribution in [-0.4, -0.2) is 26.7 Å². The van der Waals surface area contributed by atoms with Gasteiger partial charge < -0.3 is 4.42 Å². The zero-order chi connectivity index (χ0) is 16.4. The third-order valence-corrected chi connectivity index (χ3v) is 4.63. The van der Waals surface area contributed by atoms with Crippen LogP contribution in [0.5, 0.6) is 0 Å². The smallest absolute Gasteiger partial charge is 0.233 e. The van der Waals surface area contributed by atoms with Crippen LogP contribution in [-0.2, 0) is 10.0 Å². The Morgan fingerprint density at radius 2 is 1.43 bits per heavy atom. The average molecular weight is 328 g/mol. The molecule has 0 aliphatic rings. The second-order valence-electron chi connectivity index (χ2n) is 5.13. The van der Waals surface area contributed by atoms with Crippen molar-refractivity contribution in [3.8, 4) is 22.8 Å². The van der Waals surface area contributed by atoms with E-state index in [2.05, 4.69) is 4.98 Å². The average Bonchev–Trinajstić information content (AvgIpc) is 3.00. The van der Waals surface area contributed by atoms with Crippen LogP contribution in [0.25, 0.3) is 22.8 Å². The maximum absolute atomic E-state index is 11.9. The van der Waals surface area contributed by atoms with E-state index in [1.165, 1.54) is 7.05 Å². The van der Waals surface area contributed by atoms with Crippen molar-refractivity contribution in [3.63, 3.8) is 0 Å². The highest BCUT2D eigenvalue weighted by Gasteiger charge is 2.24. The summed E-state index contributed by atoms with van der Waals surface area (Å²) < 4.78 is 30.8. The van der Waals surface area contributed by atoms with Crippen molar-refractivity contribution in [1.82, 2.24) is 4.98 Å². The highest BCUT2D eigenvalue weighted by atomic mass is 32.2. The van der Waals surface area contributed by atoms with Gasteiger partial charge in [0.15, 0.2) is 11.6 Å². The fourth-order valence-electron chi connectivity index (χ4n) is 2.16. The maximum Gasteiger partial charge on any atom is 0.233 e. The molecule has 0 fully saturated rings. The first-order valence-electron chi connectivity index (χ1n) is 7.02. The van der Waals surface area contributed by atoms with Crippen LogP contribution in [0.2, 0.25) is 0 Å². The highest BCUT2D eigenvalue weighted by molar-refractivity contribution is 7.92. The van der Waals surface area contributed by atoms with Crippen LogP contribution in [0.1, 0.15) is 0 Å². The van der Waals surface area contributed by atoms with Crippen LogP contribution in [0.15, 0.2) is 65.1 Å². The van der Waals surface area contributed by atoms with Crippen molar-refractivity contribution in [2.24, 2.45) is 0 Å². The van der Waals surface area contributed by atoms with Gasteiger partial charge in [0.25, 0.3) is 0 Å². The fraction of sp³-hybridized carbons (Fsp3) is 0.118. The van der Waals surface area contributed by atoms with Gasteiger partial charge in [0.2, 0.25) is 15.9 Å². The number of rotatable bonds is 4. The van der Waals surface area contributed by atoms with Crippen LogP contribution in [0.4, 0.5) is 5.82 Å². The van der Waals surface area contributed by atoms with E-state index < -0.39 is 10.0 Å². The molecule has 118 valence electrons. The topological polar surface area (TPSA) is 63.4 Å². The summed E-state index contributed by atoms with van der Waals surface area (Å²) in [6.45, 7) is 0. The molecule has 0 bridgehead atoms. The lowest BCUT2D eigenvalue weighted by Crippen LogP contribution is -2.25. The minimum Gasteiger partial charge on any atom is -0.434 e. The molecule has 6 heteroatoms. The van der Waals surface area contributed by atoms with Crippen molar-refractivity contribution in [1.29, 1.82) is 0 Å². The first-order chi connectivity index (χ1) is 11.0. The van der Waals surface area contributed by atoms with Gasteiger partial charge in [-0.2, -0.15) is 4.98 Å². The second-order valence-corrected chi connectivity index (χ2v) is 7.15. The molecule has 0 unspecified atom stereocenters. The summed E-state index contributed by atoms with van der Waals surface area (Å²) in [6.07, 6.45) is 1.14. The first-order valence-corrected chi connectivity index (χ1v) is 8.87. The SMILES string of the molecule is CN(c1nc(-c2ccccc2)oc1-c1ccccc1)S(C)(=O)=O. The quantitative estimate of drug-likeness (QED) is 0.736. The van der Waals surface area contributed by atoms with Crippen molar-refractivity contribution >= 4 is 15.8 Å². The Morgan fingerprint density at radius 3 is 1.96 bits per heavy atom. The number of benzene rings is 2. The number of oxazole rings is 1. The molecule has 0 spiro atoms. The number of hydrogen-bond donors (Lipinski definition) is 0. The Hall–Kier alpha value is -2.60. The van der Waals surface area contributed by atoms with Gasteiger partial charge in [-0.25, -0.2) is 8.42 Å². The Bertz CT molecular complexity index is 904. The molecule has 3 aromatic rings. The van der Waals surface area contributed by atoms with Crippen LogP contribution in [0, 0.1) is 0 Å². The van der Waals surface area contributed by atoms with Gasteiger partial charge in [0.05, 0.1) is 6.26 Å². The molecule has 0 N–H and O–H groups in total. The van der Waals surface area contributed by atoms with Gasteiger partial charge in [-0.1, -0.05) is 48.5 Å². The standard InChI is InChI=1S/C17H16N2O3S/c1-19(23(2,20)21)16-15(13-9-5-3-6-10-13)22-17(18-16)14-11-7-4-8-12-14/h3-12H,1-2H3. The summed E-state index contributed by atoms with van der Waals surface area (Å²) in [5.41, 5.74) is 1.56. The predicted molar refractivity (Wildman–Crippen MR) is 90.6 cm³/mol. The normalized spacial score (nSPS) is 11.4. The van der Waals surface area contributed by atoms with Crippen LogP contribution < -0.4 is 4.31 Å². The van der Waals surface area contributed by atoms with Crippen molar-refractivity contribution < 1.29 is 12.8 Å². The number of aromatic nitrogens is 1. The number of sulfonamides is 1. The summed E-state index contributed by atoms with van der Waals surface area (Å²) in [5, 5.41) is 0. The molecule has 0 radical (unpaired) electrons. The van der Waals surface area contributed by atoms with Gasteiger partial charge in [-0.15, -0.1) is 0 Å². The number of hydrogen-bond acceptors (Lipinski definition) is 4. The third kappa shape index (κ3) is 3.12. The van der Waals surface area contributed by atoms with Gasteiger partial charge in [-0.3, -0.25) is 4.31 Å². The Morgan fingerprint density at radius 1 is 0.913 bits per heavy atom. The van der Waals surface area contributed by atoms with Crippen LogP contribution in [0.3, 0.4) is 0 Å². The van der Waals surface area contributed by atoms with E-state index in [1.807, 2.05) is 60.7 Å². The van der Waals surface area contributed by atoms with E-state index in [0.717, 1.165) is 21.7 Å². The molecule has 0 atom stereocenters. The van der Waals surface area contributed by atoms with Crippen molar-refractivity contribution in [3.05, 3.63) is 60.7 Å². The molecule has 3 rings (SSSR count). The third-order valence-electron chi connectivity index (χ3n) is 3.46. The van der Waals surface area contributed by atoms with E-state index in [-0.39, 0.29) is 5.82 Å². The van der Waals surface area contributed by atoms with Crippen molar-refractivity contribution in [2.75, 3.05) is 17.6 Å². The van der Waals surface area contributed by atoms with Crippen molar-refractivity contribution in [2.45, 2.75) is 0 Å². The number of nitrogens with zero attached hydrogens (tertiary/aromatic N) is 2. The van der Waals surface area contributed by atoms with E-state index >= 15 is 0 Å². The lowest BCUT2D eigenvalue weighted by molar-refractivity contribution is 0.587. The molecule has 1 heterocycles. The number of anilines is 1. The molecule has 1 aromatic heterocycles. The molecule has 0 saturated heterocycles. The summed E-state index contributed by atoms with van der Waals surface area (Å²) >= 11 is 0. The van der Waals surface area contributed by atoms with Crippen LogP contribution >= 0.6 is 0 Å². The zero-order valence-corrected chi connectivity index (χ0v) is 13.6. The molecule has 23 heavy (non-hydrogen) atoms. The highest BCUT2D eigenvalue weighted by Crippen LogP contribution is 2.35. The van der Waals surface area contributed by atoms with E-state index in [1.54, 1.807) is 0 Å².